The van der Waals surface area contributed by atoms with Crippen LogP contribution in [0.15, 0.2) is 12.5 Å². The van der Waals surface area contributed by atoms with Crippen molar-refractivity contribution in [2.75, 3.05) is 19.3 Å². The molecule has 1 aliphatic heterocycles. The van der Waals surface area contributed by atoms with Crippen LogP contribution in [-0.2, 0) is 13.0 Å². The van der Waals surface area contributed by atoms with Gasteiger partial charge in [0.15, 0.2) is 5.65 Å². The van der Waals surface area contributed by atoms with Crippen molar-refractivity contribution in [3.63, 3.8) is 0 Å². The first-order valence-corrected chi connectivity index (χ1v) is 5.31. The van der Waals surface area contributed by atoms with Crippen molar-refractivity contribution in [2.24, 2.45) is 0 Å². The van der Waals surface area contributed by atoms with E-state index in [9.17, 15) is 0 Å². The summed E-state index contributed by atoms with van der Waals surface area (Å²) >= 11 is 0. The molecular weight excluding hydrogens is 202 g/mol. The number of hydrogen-bond acceptors (Lipinski definition) is 5. The number of hydrogen-bond donors (Lipinski definition) is 1. The fourth-order valence-corrected chi connectivity index (χ4v) is 2.21. The number of nitrogens with two attached hydrogens (primary N) is 1. The van der Waals surface area contributed by atoms with Gasteiger partial charge in [0.25, 0.3) is 0 Å². The van der Waals surface area contributed by atoms with E-state index in [1.165, 1.54) is 17.5 Å². The van der Waals surface area contributed by atoms with Crippen molar-refractivity contribution in [3.8, 4) is 0 Å². The van der Waals surface area contributed by atoms with Crippen molar-refractivity contribution in [1.82, 2.24) is 19.9 Å². The minimum Gasteiger partial charge on any atom is -0.383 e. The molecule has 16 heavy (non-hydrogen) atoms. The smallest absolute Gasteiger partial charge is 0.164 e. The molecule has 2 N–H and O–H groups in total. The molecule has 5 heteroatoms. The largest absolute Gasteiger partial charge is 0.383 e. The van der Waals surface area contributed by atoms with E-state index in [0.717, 1.165) is 24.9 Å². The average Bonchev–Trinajstić information content (AvgIpc) is 2.28. The van der Waals surface area contributed by atoms with E-state index in [1.807, 2.05) is 6.20 Å². The Morgan fingerprint density at radius 2 is 2.19 bits per heavy atom. The topological polar surface area (TPSA) is 67.9 Å². The fourth-order valence-electron chi connectivity index (χ4n) is 2.21. The summed E-state index contributed by atoms with van der Waals surface area (Å²) in [6, 6.07) is 0. The first-order valence-electron chi connectivity index (χ1n) is 5.31. The quantitative estimate of drug-likeness (QED) is 0.696. The average molecular weight is 215 g/mol. The van der Waals surface area contributed by atoms with Gasteiger partial charge in [0.05, 0.1) is 5.39 Å². The van der Waals surface area contributed by atoms with Crippen LogP contribution < -0.4 is 5.73 Å². The first-order chi connectivity index (χ1) is 7.75. The number of pyridine rings is 1. The van der Waals surface area contributed by atoms with Crippen molar-refractivity contribution in [2.45, 2.75) is 13.0 Å². The van der Waals surface area contributed by atoms with Crippen LogP contribution in [0.25, 0.3) is 11.0 Å². The van der Waals surface area contributed by atoms with Gasteiger partial charge < -0.3 is 10.6 Å². The summed E-state index contributed by atoms with van der Waals surface area (Å²) in [5.41, 5.74) is 9.12. The number of rotatable bonds is 0. The highest BCUT2D eigenvalue weighted by Crippen LogP contribution is 2.27. The van der Waals surface area contributed by atoms with Gasteiger partial charge in [-0.05, 0) is 24.6 Å². The normalized spacial score (nSPS) is 16.3. The minimum atomic E-state index is 0.532. The molecule has 2 aromatic rings. The van der Waals surface area contributed by atoms with Crippen molar-refractivity contribution >= 4 is 16.9 Å². The second-order valence-electron chi connectivity index (χ2n) is 4.21. The van der Waals surface area contributed by atoms with E-state index in [4.69, 9.17) is 5.73 Å². The summed E-state index contributed by atoms with van der Waals surface area (Å²) in [5.74, 6) is 0.532. The van der Waals surface area contributed by atoms with Gasteiger partial charge in [-0.1, -0.05) is 0 Å². The molecule has 0 bridgehead atoms. The van der Waals surface area contributed by atoms with Gasteiger partial charge in [0.1, 0.15) is 12.1 Å². The number of nitrogens with zero attached hydrogens (tertiary/aromatic N) is 4. The predicted octanol–water partition coefficient (Wildman–Crippen LogP) is 0.595. The Hall–Kier alpha value is -1.75. The molecule has 0 spiro atoms. The summed E-state index contributed by atoms with van der Waals surface area (Å²) in [4.78, 5) is 14.8. The summed E-state index contributed by atoms with van der Waals surface area (Å²) < 4.78 is 0. The van der Waals surface area contributed by atoms with E-state index >= 15 is 0 Å². The summed E-state index contributed by atoms with van der Waals surface area (Å²) in [6.07, 6.45) is 4.39. The standard InChI is InChI=1S/C11H13N5/c1-16-3-2-7-4-13-11-9(8(7)5-16)10(12)14-6-15-11/h4,6H,2-3,5H2,1H3,(H2,12,13,14,15). The molecule has 0 unspecified atom stereocenters. The van der Waals surface area contributed by atoms with Crippen LogP contribution in [-0.4, -0.2) is 33.4 Å². The monoisotopic (exact) mass is 215 g/mol. The zero-order chi connectivity index (χ0) is 11.1. The minimum absolute atomic E-state index is 0.532. The maximum atomic E-state index is 5.92. The van der Waals surface area contributed by atoms with Crippen LogP contribution in [0.1, 0.15) is 11.1 Å². The van der Waals surface area contributed by atoms with E-state index in [0.29, 0.717) is 11.5 Å². The number of likely N-dealkylation sites (N-methyl/N-ethyl adjacent to an activating group) is 1. The van der Waals surface area contributed by atoms with E-state index in [-0.39, 0.29) is 0 Å². The van der Waals surface area contributed by atoms with Gasteiger partial charge in [-0.25, -0.2) is 15.0 Å². The van der Waals surface area contributed by atoms with Gasteiger partial charge in [-0.3, -0.25) is 0 Å². The molecule has 0 fully saturated rings. The number of nitrogen functional groups attached to an aromatic ring is 1. The maximum absolute atomic E-state index is 5.92. The third-order valence-electron chi connectivity index (χ3n) is 3.08. The van der Waals surface area contributed by atoms with Crippen molar-refractivity contribution in [3.05, 3.63) is 23.7 Å². The lowest BCUT2D eigenvalue weighted by atomic mass is 9.99. The van der Waals surface area contributed by atoms with Crippen LogP contribution >= 0.6 is 0 Å². The van der Waals surface area contributed by atoms with E-state index < -0.39 is 0 Å². The highest BCUT2D eigenvalue weighted by Gasteiger charge is 2.18. The highest BCUT2D eigenvalue weighted by atomic mass is 15.1. The van der Waals surface area contributed by atoms with Gasteiger partial charge in [0.2, 0.25) is 0 Å². The molecule has 82 valence electrons. The molecular formula is C11H13N5. The Labute approximate surface area is 93.3 Å². The summed E-state index contributed by atoms with van der Waals surface area (Å²) in [6.45, 7) is 1.96. The molecule has 0 amide bonds. The molecule has 0 radical (unpaired) electrons. The number of fused-ring (bicyclic) bond motifs is 3. The fraction of sp³-hybridized carbons (Fsp3) is 0.364. The molecule has 3 heterocycles. The molecule has 0 aromatic carbocycles. The van der Waals surface area contributed by atoms with Gasteiger partial charge in [0, 0.05) is 19.3 Å². The lowest BCUT2D eigenvalue weighted by molar-refractivity contribution is 0.314. The zero-order valence-electron chi connectivity index (χ0n) is 9.14. The van der Waals surface area contributed by atoms with E-state index in [2.05, 4.69) is 26.9 Å². The maximum Gasteiger partial charge on any atom is 0.164 e. The van der Waals surface area contributed by atoms with Crippen LogP contribution in [0.2, 0.25) is 0 Å². The third kappa shape index (κ3) is 1.32. The second kappa shape index (κ2) is 3.38. The van der Waals surface area contributed by atoms with Crippen molar-refractivity contribution < 1.29 is 0 Å². The van der Waals surface area contributed by atoms with Crippen LogP contribution in [0.5, 0.6) is 0 Å². The summed E-state index contributed by atoms with van der Waals surface area (Å²) in [5, 5.41) is 0.923. The Morgan fingerprint density at radius 1 is 1.31 bits per heavy atom. The molecule has 0 saturated heterocycles. The molecule has 1 aliphatic rings. The molecule has 3 rings (SSSR count). The number of anilines is 1. The molecule has 0 aliphatic carbocycles. The Bertz CT molecular complexity index is 551. The Balaban J connectivity index is 2.33. The lowest BCUT2D eigenvalue weighted by Crippen LogP contribution is -2.27. The molecule has 0 saturated carbocycles. The first kappa shape index (κ1) is 9.47. The van der Waals surface area contributed by atoms with E-state index in [1.54, 1.807) is 0 Å². The number of aromatic nitrogens is 3. The van der Waals surface area contributed by atoms with Crippen LogP contribution in [0, 0.1) is 0 Å². The van der Waals surface area contributed by atoms with Gasteiger partial charge in [-0.15, -0.1) is 0 Å². The summed E-state index contributed by atoms with van der Waals surface area (Å²) in [7, 11) is 2.11. The zero-order valence-corrected chi connectivity index (χ0v) is 9.14. The lowest BCUT2D eigenvalue weighted by Gasteiger charge is -2.25. The van der Waals surface area contributed by atoms with Crippen LogP contribution in [0.4, 0.5) is 5.82 Å². The molecule has 5 nitrogen and oxygen atoms in total. The predicted molar refractivity (Wildman–Crippen MR) is 61.8 cm³/mol. The Morgan fingerprint density at radius 3 is 3.06 bits per heavy atom. The van der Waals surface area contributed by atoms with Gasteiger partial charge in [-0.2, -0.15) is 0 Å². The van der Waals surface area contributed by atoms with Crippen molar-refractivity contribution in [1.29, 1.82) is 0 Å². The Kier molecular flexibility index (Phi) is 2.00. The molecule has 2 aromatic heterocycles. The van der Waals surface area contributed by atoms with Crippen LogP contribution in [0.3, 0.4) is 0 Å². The van der Waals surface area contributed by atoms with Gasteiger partial charge >= 0.3 is 0 Å². The highest BCUT2D eigenvalue weighted by molar-refractivity contribution is 5.89. The third-order valence-corrected chi connectivity index (χ3v) is 3.08. The SMILES string of the molecule is CN1CCc2cnc3ncnc(N)c3c2C1. The molecule has 0 atom stereocenters. The second-order valence-corrected chi connectivity index (χ2v) is 4.21.